The number of carbonyl (C=O) groups is 1. The largest absolute Gasteiger partial charge is 0.497 e. The number of hydrogen-bond acceptors (Lipinski definition) is 8. The van der Waals surface area contributed by atoms with E-state index in [0.29, 0.717) is 27.2 Å². The molecule has 0 spiro atoms. The molecule has 0 amide bonds. The molecule has 8 heteroatoms. The molecule has 0 aliphatic carbocycles. The lowest BCUT2D eigenvalue weighted by Gasteiger charge is -2.06. The highest BCUT2D eigenvalue weighted by Crippen LogP contribution is 2.24. The first-order valence-corrected chi connectivity index (χ1v) is 7.47. The van der Waals surface area contributed by atoms with Crippen molar-refractivity contribution in [3.8, 4) is 11.5 Å². The summed E-state index contributed by atoms with van der Waals surface area (Å²) in [6.07, 6.45) is 1.60. The number of carbonyl (C=O) groups excluding carboxylic acids is 1. The van der Waals surface area contributed by atoms with Crippen molar-refractivity contribution >= 4 is 28.7 Å². The number of nitrogens with zero attached hydrogens (tertiary/aromatic N) is 2. The number of ether oxygens (including phenoxy) is 3. The van der Waals surface area contributed by atoms with Crippen LogP contribution in [0.3, 0.4) is 0 Å². The zero-order chi connectivity index (χ0) is 16.8. The van der Waals surface area contributed by atoms with Gasteiger partial charge in [0.25, 0.3) is 0 Å². The molecule has 23 heavy (non-hydrogen) atoms. The fourth-order valence-corrected chi connectivity index (χ4v) is 2.64. The lowest BCUT2D eigenvalue weighted by Crippen LogP contribution is -1.99. The topological polar surface area (TPSA) is 82.0 Å². The van der Waals surface area contributed by atoms with Crippen LogP contribution >= 0.6 is 11.3 Å². The van der Waals surface area contributed by atoms with Crippen molar-refractivity contribution in [1.29, 1.82) is 0 Å². The second kappa shape index (κ2) is 7.59. The van der Waals surface area contributed by atoms with Crippen molar-refractivity contribution < 1.29 is 19.0 Å². The third kappa shape index (κ3) is 3.98. The molecule has 0 aliphatic heterocycles. The first-order chi connectivity index (χ1) is 11.1. The number of aromatic nitrogens is 1. The van der Waals surface area contributed by atoms with Gasteiger partial charge >= 0.3 is 5.97 Å². The Bertz CT molecular complexity index is 728. The second-order valence-corrected chi connectivity index (χ2v) is 5.40. The molecular formula is C15H17N3O4S. The molecule has 0 saturated carbocycles. The second-order valence-electron chi connectivity index (χ2n) is 4.40. The lowest BCUT2D eigenvalue weighted by molar-refractivity contribution is 0.0605. The zero-order valence-electron chi connectivity index (χ0n) is 13.2. The van der Waals surface area contributed by atoms with Gasteiger partial charge in [-0.25, -0.2) is 9.78 Å². The summed E-state index contributed by atoms with van der Waals surface area (Å²) in [5.74, 6) is 0.930. The summed E-state index contributed by atoms with van der Waals surface area (Å²) in [5.41, 5.74) is 4.17. The molecule has 1 N–H and O–H groups in total. The van der Waals surface area contributed by atoms with E-state index in [1.165, 1.54) is 18.4 Å². The van der Waals surface area contributed by atoms with Gasteiger partial charge in [-0.2, -0.15) is 5.10 Å². The highest BCUT2D eigenvalue weighted by Gasteiger charge is 2.15. The molecule has 7 nitrogen and oxygen atoms in total. The van der Waals surface area contributed by atoms with Gasteiger partial charge in [0.15, 0.2) is 0 Å². The van der Waals surface area contributed by atoms with Gasteiger partial charge in [0.05, 0.1) is 33.2 Å². The summed E-state index contributed by atoms with van der Waals surface area (Å²) < 4.78 is 15.1. The Labute approximate surface area is 137 Å². The Balaban J connectivity index is 2.12. The predicted octanol–water partition coefficient (Wildman–Crippen LogP) is 2.70. The minimum atomic E-state index is -0.408. The molecule has 0 unspecified atom stereocenters. The van der Waals surface area contributed by atoms with Gasteiger partial charge in [0.2, 0.25) is 5.13 Å². The number of hydrazone groups is 1. The van der Waals surface area contributed by atoms with Crippen LogP contribution < -0.4 is 14.9 Å². The summed E-state index contributed by atoms with van der Waals surface area (Å²) in [7, 11) is 4.50. The van der Waals surface area contributed by atoms with Gasteiger partial charge in [-0.3, -0.25) is 5.43 Å². The van der Waals surface area contributed by atoms with Crippen LogP contribution in [0, 0.1) is 6.92 Å². The molecule has 0 fully saturated rings. The average molecular weight is 335 g/mol. The summed E-state index contributed by atoms with van der Waals surface area (Å²) >= 11 is 1.18. The number of benzene rings is 1. The van der Waals surface area contributed by atoms with Crippen LogP contribution in [0.2, 0.25) is 0 Å². The van der Waals surface area contributed by atoms with Gasteiger partial charge < -0.3 is 14.2 Å². The monoisotopic (exact) mass is 335 g/mol. The van der Waals surface area contributed by atoms with Crippen molar-refractivity contribution in [2.24, 2.45) is 5.10 Å². The Hall–Kier alpha value is -2.61. The molecule has 0 bridgehead atoms. The average Bonchev–Trinajstić information content (AvgIpc) is 2.95. The minimum Gasteiger partial charge on any atom is -0.497 e. The third-order valence-corrected chi connectivity index (χ3v) is 4.01. The van der Waals surface area contributed by atoms with Gasteiger partial charge in [0.1, 0.15) is 16.4 Å². The van der Waals surface area contributed by atoms with E-state index in [1.807, 2.05) is 12.1 Å². The first kappa shape index (κ1) is 16.8. The third-order valence-electron chi connectivity index (χ3n) is 2.97. The van der Waals surface area contributed by atoms with Crippen LogP contribution in [0.4, 0.5) is 5.13 Å². The maximum Gasteiger partial charge on any atom is 0.350 e. The number of nitrogens with one attached hydrogen (secondary N) is 1. The number of anilines is 1. The molecule has 122 valence electrons. The van der Waals surface area contributed by atoms with Crippen molar-refractivity contribution in [2.75, 3.05) is 26.8 Å². The van der Waals surface area contributed by atoms with Crippen molar-refractivity contribution in [3.63, 3.8) is 0 Å². The predicted molar refractivity (Wildman–Crippen MR) is 89.0 cm³/mol. The molecule has 2 aromatic rings. The summed E-state index contributed by atoms with van der Waals surface area (Å²) in [6, 6.07) is 5.41. The van der Waals surface area contributed by atoms with Crippen molar-refractivity contribution in [1.82, 2.24) is 4.98 Å². The number of thiazole rings is 1. The summed E-state index contributed by atoms with van der Waals surface area (Å²) in [6.45, 7) is 1.74. The Kier molecular flexibility index (Phi) is 5.53. The van der Waals surface area contributed by atoms with Crippen LogP contribution in [0.1, 0.15) is 20.9 Å². The zero-order valence-corrected chi connectivity index (χ0v) is 14.1. The molecule has 2 rings (SSSR count). The van der Waals surface area contributed by atoms with E-state index in [1.54, 1.807) is 33.4 Å². The molecule has 0 radical (unpaired) electrons. The summed E-state index contributed by atoms with van der Waals surface area (Å²) in [4.78, 5) is 16.2. The summed E-state index contributed by atoms with van der Waals surface area (Å²) in [5, 5.41) is 4.62. The van der Waals surface area contributed by atoms with Gasteiger partial charge in [-0.05, 0) is 19.1 Å². The molecule has 0 saturated heterocycles. The molecule has 0 aliphatic rings. The highest BCUT2D eigenvalue weighted by molar-refractivity contribution is 7.17. The van der Waals surface area contributed by atoms with E-state index in [9.17, 15) is 4.79 Å². The smallest absolute Gasteiger partial charge is 0.350 e. The fraction of sp³-hybridized carbons (Fsp3) is 0.267. The number of esters is 1. The fourth-order valence-electron chi connectivity index (χ4n) is 1.81. The molecular weight excluding hydrogens is 318 g/mol. The molecule has 1 aromatic heterocycles. The van der Waals surface area contributed by atoms with E-state index in [2.05, 4.69) is 15.5 Å². The SMILES string of the molecule is COC(=O)c1sc(N/N=C/c2ccc(OC)cc2OC)nc1C. The number of hydrogen-bond donors (Lipinski definition) is 1. The Morgan fingerprint density at radius 2 is 2.09 bits per heavy atom. The Morgan fingerprint density at radius 3 is 2.74 bits per heavy atom. The van der Waals surface area contributed by atoms with E-state index in [0.717, 1.165) is 5.56 Å². The number of aryl methyl sites for hydroxylation is 1. The molecule has 1 heterocycles. The molecule has 1 aromatic carbocycles. The van der Waals surface area contributed by atoms with E-state index >= 15 is 0 Å². The normalized spacial score (nSPS) is 10.6. The van der Waals surface area contributed by atoms with Gasteiger partial charge in [-0.15, -0.1) is 0 Å². The van der Waals surface area contributed by atoms with Crippen LogP contribution in [0.25, 0.3) is 0 Å². The van der Waals surface area contributed by atoms with Gasteiger partial charge in [0, 0.05) is 11.6 Å². The quantitative estimate of drug-likeness (QED) is 0.496. The van der Waals surface area contributed by atoms with E-state index in [4.69, 9.17) is 14.2 Å². The maximum absolute atomic E-state index is 11.5. The molecule has 0 atom stereocenters. The van der Waals surface area contributed by atoms with E-state index < -0.39 is 5.97 Å². The van der Waals surface area contributed by atoms with Crippen molar-refractivity contribution in [2.45, 2.75) is 6.92 Å². The Morgan fingerprint density at radius 1 is 1.30 bits per heavy atom. The standard InChI is InChI=1S/C15H17N3O4S/c1-9-13(14(19)22-4)23-15(17-9)18-16-8-10-5-6-11(20-2)7-12(10)21-3/h5-8H,1-4H3,(H,17,18)/b16-8+. The van der Waals surface area contributed by atoms with Crippen molar-refractivity contribution in [3.05, 3.63) is 34.3 Å². The van der Waals surface area contributed by atoms with Crippen LogP contribution in [0.5, 0.6) is 11.5 Å². The lowest BCUT2D eigenvalue weighted by atomic mass is 10.2. The van der Waals surface area contributed by atoms with Gasteiger partial charge in [-0.1, -0.05) is 11.3 Å². The minimum absolute atomic E-state index is 0.408. The maximum atomic E-state index is 11.5. The van der Waals surface area contributed by atoms with Crippen LogP contribution in [0.15, 0.2) is 23.3 Å². The number of methoxy groups -OCH3 is 3. The van der Waals surface area contributed by atoms with Crippen LogP contribution in [-0.2, 0) is 4.74 Å². The first-order valence-electron chi connectivity index (χ1n) is 6.66. The van der Waals surface area contributed by atoms with E-state index in [-0.39, 0.29) is 0 Å². The highest BCUT2D eigenvalue weighted by atomic mass is 32.1. The van der Waals surface area contributed by atoms with Crippen LogP contribution in [-0.4, -0.2) is 38.5 Å². The number of rotatable bonds is 6.